The van der Waals surface area contributed by atoms with Crippen LogP contribution < -0.4 is 26.4 Å². The second-order valence-corrected chi connectivity index (χ2v) is 19.3. The Morgan fingerprint density at radius 1 is 1.03 bits per heavy atom. The number of hydrogen-bond donors (Lipinski definition) is 7. The first kappa shape index (κ1) is 54.6. The Kier molecular flexibility index (Phi) is 15.9. The van der Waals surface area contributed by atoms with E-state index in [1.54, 1.807) is 18.2 Å². The van der Waals surface area contributed by atoms with Gasteiger partial charge in [-0.3, -0.25) is 19.2 Å². The first-order chi connectivity index (χ1) is 36.6. The molecule has 7 atom stereocenters. The number of amides is 4. The molecule has 1 saturated carbocycles. The molecule has 8 N–H and O–H groups in total. The van der Waals surface area contributed by atoms with Crippen molar-refractivity contribution in [3.63, 3.8) is 0 Å². The lowest BCUT2D eigenvalue weighted by molar-refractivity contribution is -0.200. The quantitative estimate of drug-likeness (QED) is 0.0346. The molecule has 5 heterocycles. The fourth-order valence-electron chi connectivity index (χ4n) is 9.29. The molecule has 4 aliphatic rings. The molecule has 2 aromatic heterocycles. The minimum atomic E-state index is -4.94. The number of amidine groups is 2. The van der Waals surface area contributed by atoms with Crippen molar-refractivity contribution in [3.05, 3.63) is 117 Å². The molecule has 1 aliphatic carbocycles. The van der Waals surface area contributed by atoms with E-state index in [1.165, 1.54) is 30.2 Å². The van der Waals surface area contributed by atoms with E-state index in [9.17, 15) is 56.4 Å². The third-order valence-corrected chi connectivity index (χ3v) is 13.6. The van der Waals surface area contributed by atoms with Crippen LogP contribution in [0.3, 0.4) is 0 Å². The monoisotopic (exact) mass is 1110 g/mol. The first-order valence-electron chi connectivity index (χ1n) is 23.7. The molecule has 9 rings (SSSR count). The highest BCUT2D eigenvalue weighted by atomic mass is 35.5. The largest absolute Gasteiger partial charge is 0.489 e. The molecule has 0 spiro atoms. The molecular formula is C49H46Cl2F5N11O10. The van der Waals surface area contributed by atoms with E-state index >= 15 is 0 Å². The average Bonchev–Trinajstić information content (AvgIpc) is 4.00. The molecule has 5 aromatic rings. The maximum absolute atomic E-state index is 14.5. The molecule has 77 heavy (non-hydrogen) atoms. The summed E-state index contributed by atoms with van der Waals surface area (Å²) in [4.78, 5) is 66.3. The molecule has 28 heteroatoms. The summed E-state index contributed by atoms with van der Waals surface area (Å²) in [5.41, 5.74) is 5.19. The number of piperidine rings is 1. The van der Waals surface area contributed by atoms with Crippen LogP contribution in [-0.4, -0.2) is 138 Å². The van der Waals surface area contributed by atoms with Gasteiger partial charge < -0.3 is 56.1 Å². The summed E-state index contributed by atoms with van der Waals surface area (Å²) in [5, 5.41) is 47.0. The highest BCUT2D eigenvalue weighted by Gasteiger charge is 2.50. The third-order valence-electron chi connectivity index (χ3n) is 13.0. The second kappa shape index (κ2) is 22.4. The molecule has 21 nitrogen and oxygen atoms in total. The van der Waals surface area contributed by atoms with Gasteiger partial charge in [-0.25, -0.2) is 28.4 Å². The smallest absolute Gasteiger partial charge is 0.418 e. The molecule has 3 fully saturated rings. The van der Waals surface area contributed by atoms with Crippen molar-refractivity contribution >= 4 is 69.9 Å². The van der Waals surface area contributed by atoms with Crippen LogP contribution in [-0.2, 0) is 31.8 Å². The van der Waals surface area contributed by atoms with E-state index in [-0.39, 0.29) is 40.3 Å². The lowest BCUT2D eigenvalue weighted by Gasteiger charge is -2.43. The van der Waals surface area contributed by atoms with Gasteiger partial charge in [0, 0.05) is 47.3 Å². The number of ether oxygens (including phenoxy) is 3. The Bertz CT molecular complexity index is 3140. The van der Waals surface area contributed by atoms with Crippen molar-refractivity contribution in [3.8, 4) is 17.0 Å². The van der Waals surface area contributed by atoms with Gasteiger partial charge in [0.05, 0.1) is 36.1 Å². The predicted octanol–water partition coefficient (Wildman–Crippen LogP) is 4.63. The first-order valence-corrected chi connectivity index (χ1v) is 24.4. The van der Waals surface area contributed by atoms with Crippen molar-refractivity contribution in [1.82, 2.24) is 35.5 Å². The lowest BCUT2D eigenvalue weighted by atomic mass is 9.89. The molecule has 2 saturated heterocycles. The lowest BCUT2D eigenvalue weighted by Crippen LogP contribution is -2.59. The molecule has 3 aromatic carbocycles. The predicted molar refractivity (Wildman–Crippen MR) is 263 cm³/mol. The summed E-state index contributed by atoms with van der Waals surface area (Å²) in [5.74, 6) is -4.74. The third kappa shape index (κ3) is 12.0. The SMILES string of the molecule is CC(N)=NC(=Nc1cc(Cl)ccc1C(F)(F)F)[C@@H]1O[C@H](CO)[C@H](O)[C@H](n2cc(-c3cc(F)c(Cl)c(F)c3)nn2)[C@H]1OCC(=O)NC1CC(Oc2ccc(C(=O)Nc3ccc4c(c3)CN(C3CCC(O)NC3=O)C4=O)nc2)C1. The zero-order chi connectivity index (χ0) is 55.0. The van der Waals surface area contributed by atoms with Gasteiger partial charge in [-0.2, -0.15) is 13.2 Å². The van der Waals surface area contributed by atoms with Crippen LogP contribution >= 0.6 is 23.2 Å². The number of aliphatic hydroxyl groups excluding tert-OH is 3. The number of carbonyl (C=O) groups excluding carboxylic acids is 4. The van der Waals surface area contributed by atoms with Gasteiger partial charge in [-0.1, -0.05) is 28.4 Å². The highest BCUT2D eigenvalue weighted by molar-refractivity contribution is 6.31. The van der Waals surface area contributed by atoms with Gasteiger partial charge in [-0.05, 0) is 86.0 Å². The number of nitrogens with one attached hydrogen (secondary N) is 3. The zero-order valence-electron chi connectivity index (χ0n) is 40.1. The van der Waals surface area contributed by atoms with Crippen molar-refractivity contribution in [2.24, 2.45) is 15.7 Å². The minimum absolute atomic E-state index is 0.0504. The van der Waals surface area contributed by atoms with Gasteiger partial charge >= 0.3 is 6.18 Å². The summed E-state index contributed by atoms with van der Waals surface area (Å²) in [6.45, 7) is -0.228. The summed E-state index contributed by atoms with van der Waals surface area (Å²) in [7, 11) is 0. The van der Waals surface area contributed by atoms with Crippen molar-refractivity contribution in [1.29, 1.82) is 0 Å². The Morgan fingerprint density at radius 2 is 1.78 bits per heavy atom. The van der Waals surface area contributed by atoms with Crippen LogP contribution in [0.4, 0.5) is 33.3 Å². The van der Waals surface area contributed by atoms with Crippen LogP contribution in [0.1, 0.15) is 70.6 Å². The number of halogens is 7. The van der Waals surface area contributed by atoms with E-state index in [0.29, 0.717) is 54.3 Å². The number of hydrogen-bond acceptors (Lipinski definition) is 14. The number of benzene rings is 3. The van der Waals surface area contributed by atoms with Crippen LogP contribution in [0.5, 0.6) is 5.75 Å². The number of nitrogens with zero attached hydrogens (tertiary/aromatic N) is 7. The van der Waals surface area contributed by atoms with E-state index in [1.807, 2.05) is 0 Å². The molecule has 0 bridgehead atoms. The highest BCUT2D eigenvalue weighted by Crippen LogP contribution is 2.40. The van der Waals surface area contributed by atoms with Gasteiger partial charge in [0.1, 0.15) is 89.2 Å². The number of nitrogens with two attached hydrogens (primary N) is 1. The van der Waals surface area contributed by atoms with E-state index in [4.69, 9.17) is 43.1 Å². The molecular weight excluding hydrogens is 1070 g/mol. The molecule has 4 amide bonds. The molecule has 0 radical (unpaired) electrons. The molecule has 406 valence electrons. The van der Waals surface area contributed by atoms with Gasteiger partial charge in [0.2, 0.25) is 11.8 Å². The number of aliphatic imine (C=N–C) groups is 2. The van der Waals surface area contributed by atoms with Gasteiger partial charge in [0.25, 0.3) is 11.8 Å². The number of fused-ring (bicyclic) bond motifs is 1. The summed E-state index contributed by atoms with van der Waals surface area (Å²) in [6, 6.07) is 9.42. The minimum Gasteiger partial charge on any atom is -0.489 e. The number of aliphatic hydroxyl groups is 3. The Balaban J connectivity index is 0.864. The van der Waals surface area contributed by atoms with E-state index in [0.717, 1.165) is 35.1 Å². The fourth-order valence-corrected chi connectivity index (χ4v) is 9.56. The van der Waals surface area contributed by atoms with Crippen LogP contribution in [0.15, 0.2) is 83.0 Å². The van der Waals surface area contributed by atoms with Gasteiger partial charge in [-0.15, -0.1) is 5.10 Å². The van der Waals surface area contributed by atoms with Crippen molar-refractivity contribution < 1.29 is 70.7 Å². The average molecular weight is 1110 g/mol. The summed E-state index contributed by atoms with van der Waals surface area (Å²) < 4.78 is 91.2. The van der Waals surface area contributed by atoms with Crippen LogP contribution in [0.2, 0.25) is 10.0 Å². The normalized spacial score (nSPS) is 24.7. The van der Waals surface area contributed by atoms with Crippen LogP contribution in [0, 0.1) is 11.6 Å². The maximum atomic E-state index is 14.5. The molecule has 2 unspecified atom stereocenters. The second-order valence-electron chi connectivity index (χ2n) is 18.5. The fraction of sp³-hybridized carbons (Fsp3) is 0.367. The number of carbonyl (C=O) groups is 4. The Hall–Kier alpha value is -7.20. The Labute approximate surface area is 443 Å². The summed E-state index contributed by atoms with van der Waals surface area (Å²) in [6.07, 6.45) is -9.26. The molecule has 3 aliphatic heterocycles. The van der Waals surface area contributed by atoms with E-state index < -0.39 is 126 Å². The number of alkyl halides is 3. The topological polar surface area (TPSA) is 290 Å². The number of pyridine rings is 1. The maximum Gasteiger partial charge on any atom is 0.418 e. The summed E-state index contributed by atoms with van der Waals surface area (Å²) >= 11 is 11.8. The van der Waals surface area contributed by atoms with E-state index in [2.05, 4.69) is 41.2 Å². The van der Waals surface area contributed by atoms with Gasteiger partial charge in [0.15, 0.2) is 5.84 Å². The number of rotatable bonds is 14. The Morgan fingerprint density at radius 3 is 2.45 bits per heavy atom. The van der Waals surface area contributed by atoms with Crippen LogP contribution in [0.25, 0.3) is 11.3 Å². The standard InChI is InChI=1S/C49H46Cl2F5N11O10/c1-21(57)59-45(62-34-13-24(50)2-6-30(34)49(54,55)56)44-43(41(42(71)37(19-68)77-44)67-18-35(64-65-67)22-11-31(52)40(51)32(53)12-22)75-20-39(70)60-26-14-28(15-26)76-27-4-7-33(58-16-27)46(72)61-25-3-5-29-23(10-25)17-66(48(29)74)36-8-9-38(69)63-47(36)73/h2-7,10-13,16,18,26,28,36-38,41-44,68-69,71H,8-9,14-15,17,19-20H2,1H3,(H,60,70)(H,61,72)(H,63,73)(H2,57,59,62)/t26?,28?,36?,37-,38?,41+,42+,43-,44-/m1/s1. The zero-order valence-corrected chi connectivity index (χ0v) is 41.6. The number of anilines is 1. The number of aromatic nitrogens is 4. The van der Waals surface area contributed by atoms with Crippen molar-refractivity contribution in [2.75, 3.05) is 18.5 Å². The van der Waals surface area contributed by atoms with Crippen molar-refractivity contribution in [2.45, 2.75) is 100 Å².